The zero-order valence-corrected chi connectivity index (χ0v) is 16.1. The van der Waals surface area contributed by atoms with Crippen LogP contribution in [0.5, 0.6) is 5.75 Å². The highest BCUT2D eigenvalue weighted by molar-refractivity contribution is 7.89. The van der Waals surface area contributed by atoms with Gasteiger partial charge in [-0.05, 0) is 43.5 Å². The van der Waals surface area contributed by atoms with E-state index >= 15 is 0 Å². The molecule has 8 heteroatoms. The summed E-state index contributed by atoms with van der Waals surface area (Å²) in [6.07, 6.45) is 3.02. The van der Waals surface area contributed by atoms with Crippen LogP contribution in [0, 0.1) is 6.92 Å². The third kappa shape index (κ3) is 4.31. The van der Waals surface area contributed by atoms with Gasteiger partial charge in [0, 0.05) is 31.4 Å². The van der Waals surface area contributed by atoms with Crippen molar-refractivity contribution < 1.29 is 13.2 Å². The van der Waals surface area contributed by atoms with Gasteiger partial charge >= 0.3 is 0 Å². The second-order valence-electron chi connectivity index (χ2n) is 6.09. The Bertz CT molecular complexity index is 827. The van der Waals surface area contributed by atoms with Crippen LogP contribution in [-0.2, 0) is 16.4 Å². The molecule has 0 radical (unpaired) electrons. The van der Waals surface area contributed by atoms with Gasteiger partial charge in [-0.1, -0.05) is 0 Å². The largest absolute Gasteiger partial charge is 0.496 e. The molecule has 0 amide bonds. The Kier molecular flexibility index (Phi) is 5.61. The highest BCUT2D eigenvalue weighted by Gasteiger charge is 2.17. The highest BCUT2D eigenvalue weighted by Crippen LogP contribution is 2.24. The Morgan fingerprint density at radius 1 is 1.32 bits per heavy atom. The molecule has 136 valence electrons. The molecule has 0 saturated carbocycles. The molecule has 1 aliphatic heterocycles. The predicted molar refractivity (Wildman–Crippen MR) is 100 cm³/mol. The third-order valence-corrected chi connectivity index (χ3v) is 6.67. The van der Waals surface area contributed by atoms with E-state index < -0.39 is 10.0 Å². The molecule has 0 spiro atoms. The number of rotatable bonds is 7. The van der Waals surface area contributed by atoms with Gasteiger partial charge in [0.15, 0.2) is 5.13 Å². The lowest BCUT2D eigenvalue weighted by molar-refractivity contribution is 0.411. The molecule has 2 heterocycles. The van der Waals surface area contributed by atoms with Crippen molar-refractivity contribution in [3.8, 4) is 5.75 Å². The summed E-state index contributed by atoms with van der Waals surface area (Å²) in [7, 11) is -1.96. The first-order chi connectivity index (χ1) is 12.0. The zero-order chi connectivity index (χ0) is 17.9. The average molecular weight is 382 g/mol. The van der Waals surface area contributed by atoms with Gasteiger partial charge in [-0.3, -0.25) is 0 Å². The number of aromatic nitrogens is 1. The van der Waals surface area contributed by atoms with E-state index in [0.717, 1.165) is 29.5 Å². The second kappa shape index (κ2) is 7.72. The summed E-state index contributed by atoms with van der Waals surface area (Å²) < 4.78 is 32.6. The third-order valence-electron chi connectivity index (χ3n) is 4.27. The smallest absolute Gasteiger partial charge is 0.240 e. The Labute approximate surface area is 152 Å². The van der Waals surface area contributed by atoms with Crippen molar-refractivity contribution >= 4 is 26.5 Å². The Morgan fingerprint density at radius 2 is 2.08 bits per heavy atom. The van der Waals surface area contributed by atoms with E-state index in [-0.39, 0.29) is 4.90 Å². The van der Waals surface area contributed by atoms with E-state index in [1.807, 2.05) is 12.3 Å². The lowest BCUT2D eigenvalue weighted by Crippen LogP contribution is -2.26. The molecule has 1 aliphatic rings. The summed E-state index contributed by atoms with van der Waals surface area (Å²) in [5, 5.41) is 3.06. The van der Waals surface area contributed by atoms with Crippen LogP contribution in [0.25, 0.3) is 0 Å². The number of nitrogens with one attached hydrogen (secondary N) is 1. The highest BCUT2D eigenvalue weighted by atomic mass is 32.2. The first kappa shape index (κ1) is 18.2. The summed E-state index contributed by atoms with van der Waals surface area (Å²) in [5.41, 5.74) is 1.72. The minimum Gasteiger partial charge on any atom is -0.496 e. The lowest BCUT2D eigenvalue weighted by atomic mass is 10.2. The topological polar surface area (TPSA) is 71.5 Å². The summed E-state index contributed by atoms with van der Waals surface area (Å²) in [6.45, 7) is 4.29. The van der Waals surface area contributed by atoms with E-state index in [1.165, 1.54) is 12.8 Å². The van der Waals surface area contributed by atoms with Crippen molar-refractivity contribution in [2.75, 3.05) is 31.6 Å². The van der Waals surface area contributed by atoms with E-state index in [0.29, 0.717) is 18.7 Å². The monoisotopic (exact) mass is 381 g/mol. The number of sulfonamides is 1. The van der Waals surface area contributed by atoms with Crippen LogP contribution < -0.4 is 14.4 Å². The fourth-order valence-corrected chi connectivity index (χ4v) is 4.91. The van der Waals surface area contributed by atoms with Crippen molar-refractivity contribution in [2.45, 2.75) is 31.1 Å². The maximum absolute atomic E-state index is 12.4. The fraction of sp³-hybridized carbons (Fsp3) is 0.471. The number of ether oxygens (including phenoxy) is 1. The first-order valence-electron chi connectivity index (χ1n) is 8.33. The Balaban J connectivity index is 1.58. The maximum Gasteiger partial charge on any atom is 0.240 e. The van der Waals surface area contributed by atoms with Crippen LogP contribution in [0.4, 0.5) is 5.13 Å². The number of hydrogen-bond donors (Lipinski definition) is 1. The van der Waals surface area contributed by atoms with E-state index in [1.54, 1.807) is 36.6 Å². The van der Waals surface area contributed by atoms with E-state index in [9.17, 15) is 8.42 Å². The van der Waals surface area contributed by atoms with Crippen LogP contribution in [-0.4, -0.2) is 40.1 Å². The Hall–Kier alpha value is -1.64. The predicted octanol–water partition coefficient (Wildman–Crippen LogP) is 2.58. The van der Waals surface area contributed by atoms with Crippen molar-refractivity contribution in [3.05, 3.63) is 34.8 Å². The van der Waals surface area contributed by atoms with Crippen LogP contribution >= 0.6 is 11.3 Å². The molecule has 1 fully saturated rings. The molecule has 0 bridgehead atoms. The van der Waals surface area contributed by atoms with Gasteiger partial charge in [-0.15, -0.1) is 11.3 Å². The van der Waals surface area contributed by atoms with E-state index in [2.05, 4.69) is 14.6 Å². The van der Waals surface area contributed by atoms with Gasteiger partial charge in [-0.2, -0.15) is 0 Å². The molecular formula is C17H23N3O3S2. The molecular weight excluding hydrogens is 358 g/mol. The number of methoxy groups -OCH3 is 1. The van der Waals surface area contributed by atoms with Gasteiger partial charge in [-0.25, -0.2) is 18.1 Å². The molecule has 0 unspecified atom stereocenters. The standard InChI is InChI=1S/C17H23N3O3S2/c1-13-11-15(5-6-16(13)23-2)25(21,22)18-8-7-14-12-24-17(19-14)20-9-3-4-10-20/h5-6,11-12,18H,3-4,7-10H2,1-2H3. The van der Waals surface area contributed by atoms with Gasteiger partial charge in [0.05, 0.1) is 17.7 Å². The molecule has 25 heavy (non-hydrogen) atoms. The van der Waals surface area contributed by atoms with Gasteiger partial charge in [0.25, 0.3) is 0 Å². The molecule has 0 atom stereocenters. The normalized spacial score (nSPS) is 14.9. The van der Waals surface area contributed by atoms with Crippen molar-refractivity contribution in [2.24, 2.45) is 0 Å². The molecule has 0 aliphatic carbocycles. The van der Waals surface area contributed by atoms with Crippen LogP contribution in [0.15, 0.2) is 28.5 Å². The molecule has 1 aromatic heterocycles. The van der Waals surface area contributed by atoms with Crippen molar-refractivity contribution in [3.63, 3.8) is 0 Å². The van der Waals surface area contributed by atoms with Crippen LogP contribution in [0.3, 0.4) is 0 Å². The number of nitrogens with zero attached hydrogens (tertiary/aromatic N) is 2. The van der Waals surface area contributed by atoms with Gasteiger partial charge in [0.2, 0.25) is 10.0 Å². The molecule has 1 saturated heterocycles. The number of thiazole rings is 1. The van der Waals surface area contributed by atoms with Crippen molar-refractivity contribution in [1.29, 1.82) is 0 Å². The van der Waals surface area contributed by atoms with E-state index in [4.69, 9.17) is 4.74 Å². The summed E-state index contributed by atoms with van der Waals surface area (Å²) in [5.74, 6) is 0.677. The van der Waals surface area contributed by atoms with Gasteiger partial charge in [0.1, 0.15) is 5.75 Å². The summed E-state index contributed by atoms with van der Waals surface area (Å²) >= 11 is 1.63. The number of anilines is 1. The quantitative estimate of drug-likeness (QED) is 0.798. The van der Waals surface area contributed by atoms with Crippen molar-refractivity contribution in [1.82, 2.24) is 9.71 Å². The fourth-order valence-electron chi connectivity index (χ4n) is 2.88. The maximum atomic E-state index is 12.4. The SMILES string of the molecule is COc1ccc(S(=O)(=O)NCCc2csc(N3CCCC3)n2)cc1C. The number of hydrogen-bond acceptors (Lipinski definition) is 6. The van der Waals surface area contributed by atoms with Crippen LogP contribution in [0.2, 0.25) is 0 Å². The molecule has 1 aromatic carbocycles. The Morgan fingerprint density at radius 3 is 2.76 bits per heavy atom. The molecule has 6 nitrogen and oxygen atoms in total. The molecule has 2 aromatic rings. The number of aryl methyl sites for hydroxylation is 1. The second-order valence-corrected chi connectivity index (χ2v) is 8.70. The molecule has 3 rings (SSSR count). The summed E-state index contributed by atoms with van der Waals surface area (Å²) in [6, 6.07) is 4.85. The van der Waals surface area contributed by atoms with Crippen LogP contribution in [0.1, 0.15) is 24.1 Å². The minimum absolute atomic E-state index is 0.252. The lowest BCUT2D eigenvalue weighted by Gasteiger charge is -2.12. The summed E-state index contributed by atoms with van der Waals surface area (Å²) in [4.78, 5) is 7.16. The zero-order valence-electron chi connectivity index (χ0n) is 14.5. The first-order valence-corrected chi connectivity index (χ1v) is 10.7. The molecule has 1 N–H and O–H groups in total. The minimum atomic E-state index is -3.53. The number of benzene rings is 1. The average Bonchev–Trinajstić information content (AvgIpc) is 3.26. The van der Waals surface area contributed by atoms with Gasteiger partial charge < -0.3 is 9.64 Å².